The van der Waals surface area contributed by atoms with Crippen LogP contribution in [0, 0.1) is 0 Å². The summed E-state index contributed by atoms with van der Waals surface area (Å²) in [6.45, 7) is 0. The number of halogens is 6. The number of hydrogen-bond donors (Lipinski definition) is 1. The number of carbonyl (C=O) groups is 1. The van der Waals surface area contributed by atoms with Gasteiger partial charge in [0.2, 0.25) is 0 Å². The van der Waals surface area contributed by atoms with Gasteiger partial charge in [0.1, 0.15) is 5.56 Å². The first-order valence-electron chi connectivity index (χ1n) is 7.66. The Morgan fingerprint density at radius 2 is 1.32 bits per heavy atom. The lowest BCUT2D eigenvalue weighted by Crippen LogP contribution is -2.12. The molecule has 0 atom stereocenters. The van der Waals surface area contributed by atoms with E-state index in [-0.39, 0.29) is 22.6 Å². The predicted octanol–water partition coefficient (Wildman–Crippen LogP) is 5.63. The van der Waals surface area contributed by atoms with E-state index in [1.807, 2.05) is 0 Å². The number of nitrogens with one attached hydrogen (secondary N) is 1. The molecule has 1 heterocycles. The number of aromatic nitrogens is 1. The van der Waals surface area contributed by atoms with Crippen LogP contribution in [-0.2, 0) is 12.4 Å². The predicted molar refractivity (Wildman–Crippen MR) is 86.3 cm³/mol. The van der Waals surface area contributed by atoms with Gasteiger partial charge in [0.25, 0.3) is 5.91 Å². The maximum atomic E-state index is 12.6. The van der Waals surface area contributed by atoms with Gasteiger partial charge in [0, 0.05) is 11.3 Å². The number of rotatable bonds is 3. The molecule has 0 bridgehead atoms. The van der Waals surface area contributed by atoms with E-state index in [0.717, 1.165) is 54.7 Å². The summed E-state index contributed by atoms with van der Waals surface area (Å²) in [5.74, 6) is -0.811. The van der Waals surface area contributed by atoms with Crippen molar-refractivity contribution in [2.45, 2.75) is 12.4 Å². The lowest BCUT2D eigenvalue weighted by Gasteiger charge is -2.09. The molecule has 0 unspecified atom stereocenters. The standard InChI is InChI=1S/C18H10F6N2O2/c19-17(20,21)11-3-1-10(2-4-11)15-14(9-25-28-15)16(27)26-13-7-5-12(6-8-13)18(22,23)24/h1-9H,(H,26,27). The molecule has 0 aliphatic heterocycles. The van der Waals surface area contributed by atoms with Gasteiger partial charge in [0.05, 0.1) is 17.3 Å². The lowest BCUT2D eigenvalue weighted by atomic mass is 10.1. The number of hydrogen-bond acceptors (Lipinski definition) is 3. The first-order valence-corrected chi connectivity index (χ1v) is 7.66. The number of alkyl halides is 6. The van der Waals surface area contributed by atoms with Crippen molar-refractivity contribution in [3.8, 4) is 11.3 Å². The second kappa shape index (κ2) is 7.02. The molecule has 3 aromatic rings. The first kappa shape index (κ1) is 19.5. The molecule has 1 aromatic heterocycles. The van der Waals surface area contributed by atoms with Gasteiger partial charge >= 0.3 is 12.4 Å². The number of benzene rings is 2. The van der Waals surface area contributed by atoms with Crippen molar-refractivity contribution in [2.24, 2.45) is 0 Å². The molecule has 0 radical (unpaired) electrons. The molecule has 0 saturated heterocycles. The van der Waals surface area contributed by atoms with E-state index < -0.39 is 29.4 Å². The Kier molecular flexibility index (Phi) is 4.88. The van der Waals surface area contributed by atoms with Crippen LogP contribution in [0.3, 0.4) is 0 Å². The van der Waals surface area contributed by atoms with Crippen LogP contribution in [-0.4, -0.2) is 11.1 Å². The van der Waals surface area contributed by atoms with Crippen molar-refractivity contribution >= 4 is 11.6 Å². The van der Waals surface area contributed by atoms with Crippen LogP contribution in [0.5, 0.6) is 0 Å². The Morgan fingerprint density at radius 1 is 0.821 bits per heavy atom. The van der Waals surface area contributed by atoms with Crippen LogP contribution in [0.2, 0.25) is 0 Å². The second-order valence-corrected chi connectivity index (χ2v) is 5.67. The molecule has 0 fully saturated rings. The largest absolute Gasteiger partial charge is 0.416 e. The summed E-state index contributed by atoms with van der Waals surface area (Å²) in [6, 6.07) is 7.67. The SMILES string of the molecule is O=C(Nc1ccc(C(F)(F)F)cc1)c1cnoc1-c1ccc(C(F)(F)F)cc1. The van der Waals surface area contributed by atoms with Gasteiger partial charge in [-0.3, -0.25) is 4.79 Å². The summed E-state index contributed by atoms with van der Waals surface area (Å²) < 4.78 is 80.6. The van der Waals surface area contributed by atoms with E-state index in [9.17, 15) is 31.1 Å². The molecule has 0 spiro atoms. The van der Waals surface area contributed by atoms with Gasteiger partial charge in [-0.2, -0.15) is 26.3 Å². The van der Waals surface area contributed by atoms with Gasteiger partial charge in [-0.25, -0.2) is 0 Å². The molecule has 0 aliphatic carbocycles. The molecule has 10 heteroatoms. The van der Waals surface area contributed by atoms with Crippen molar-refractivity contribution in [2.75, 3.05) is 5.32 Å². The zero-order chi connectivity index (χ0) is 20.5. The van der Waals surface area contributed by atoms with Gasteiger partial charge < -0.3 is 9.84 Å². The van der Waals surface area contributed by atoms with Crippen LogP contribution in [0.4, 0.5) is 32.0 Å². The van der Waals surface area contributed by atoms with E-state index in [1.54, 1.807) is 0 Å². The Labute approximate surface area is 153 Å². The highest BCUT2D eigenvalue weighted by atomic mass is 19.4. The third-order valence-corrected chi connectivity index (χ3v) is 3.76. The fourth-order valence-electron chi connectivity index (χ4n) is 2.36. The summed E-state index contributed by atoms with van der Waals surface area (Å²) >= 11 is 0. The molecule has 1 N–H and O–H groups in total. The van der Waals surface area contributed by atoms with Gasteiger partial charge in [0.15, 0.2) is 5.76 Å². The monoisotopic (exact) mass is 400 g/mol. The minimum absolute atomic E-state index is 0.0712. The highest BCUT2D eigenvalue weighted by Gasteiger charge is 2.31. The molecule has 0 aliphatic rings. The Balaban J connectivity index is 1.80. The van der Waals surface area contributed by atoms with Crippen molar-refractivity contribution < 1.29 is 35.7 Å². The number of nitrogens with zero attached hydrogens (tertiary/aromatic N) is 1. The molecule has 28 heavy (non-hydrogen) atoms. The van der Waals surface area contributed by atoms with Crippen LogP contribution in [0.1, 0.15) is 21.5 Å². The quantitative estimate of drug-likeness (QED) is 0.580. The summed E-state index contributed by atoms with van der Waals surface area (Å²) in [5.41, 5.74) is -1.55. The van der Waals surface area contributed by atoms with Crippen LogP contribution in [0.15, 0.2) is 59.3 Å². The van der Waals surface area contributed by atoms with Crippen LogP contribution >= 0.6 is 0 Å². The Hall–Kier alpha value is -3.30. The molecular formula is C18H10F6N2O2. The van der Waals surface area contributed by atoms with Crippen LogP contribution in [0.25, 0.3) is 11.3 Å². The average molecular weight is 400 g/mol. The summed E-state index contributed by atoms with van der Waals surface area (Å²) in [6.07, 6.45) is -7.96. The average Bonchev–Trinajstić information content (AvgIpc) is 3.10. The van der Waals surface area contributed by atoms with Crippen molar-refractivity contribution in [1.29, 1.82) is 0 Å². The lowest BCUT2D eigenvalue weighted by molar-refractivity contribution is -0.138. The summed E-state index contributed by atoms with van der Waals surface area (Å²) in [5, 5.41) is 5.85. The highest BCUT2D eigenvalue weighted by molar-refractivity contribution is 6.07. The third kappa shape index (κ3) is 4.16. The molecule has 146 valence electrons. The maximum Gasteiger partial charge on any atom is 0.416 e. The first-order chi connectivity index (χ1) is 13.1. The number of carbonyl (C=O) groups excluding carboxylic acids is 1. The molecule has 2 aromatic carbocycles. The Bertz CT molecular complexity index is 973. The van der Waals surface area contributed by atoms with Gasteiger partial charge in [-0.05, 0) is 36.4 Å². The zero-order valence-electron chi connectivity index (χ0n) is 13.7. The van der Waals surface area contributed by atoms with E-state index in [4.69, 9.17) is 4.52 Å². The maximum absolute atomic E-state index is 12.6. The van der Waals surface area contributed by atoms with E-state index in [0.29, 0.717) is 0 Å². The minimum Gasteiger partial charge on any atom is -0.355 e. The Morgan fingerprint density at radius 3 is 1.82 bits per heavy atom. The van der Waals surface area contributed by atoms with Crippen molar-refractivity contribution in [1.82, 2.24) is 5.16 Å². The summed E-state index contributed by atoms with van der Waals surface area (Å²) in [7, 11) is 0. The molecular weight excluding hydrogens is 390 g/mol. The molecule has 4 nitrogen and oxygen atoms in total. The number of amides is 1. The van der Waals surface area contributed by atoms with Gasteiger partial charge in [-0.1, -0.05) is 17.3 Å². The van der Waals surface area contributed by atoms with E-state index in [2.05, 4.69) is 10.5 Å². The molecule has 1 amide bonds. The smallest absolute Gasteiger partial charge is 0.355 e. The van der Waals surface area contributed by atoms with Gasteiger partial charge in [-0.15, -0.1) is 0 Å². The fourth-order valence-corrected chi connectivity index (χ4v) is 2.36. The summed E-state index contributed by atoms with van der Waals surface area (Å²) in [4.78, 5) is 12.4. The van der Waals surface area contributed by atoms with E-state index >= 15 is 0 Å². The second-order valence-electron chi connectivity index (χ2n) is 5.67. The topological polar surface area (TPSA) is 55.1 Å². The van der Waals surface area contributed by atoms with Crippen molar-refractivity contribution in [3.05, 3.63) is 71.4 Å². The molecule has 3 rings (SSSR count). The minimum atomic E-state index is -4.51. The highest BCUT2D eigenvalue weighted by Crippen LogP contribution is 2.32. The van der Waals surface area contributed by atoms with E-state index in [1.165, 1.54) is 0 Å². The number of anilines is 1. The zero-order valence-corrected chi connectivity index (χ0v) is 13.7. The molecule has 0 saturated carbocycles. The van der Waals surface area contributed by atoms with Crippen LogP contribution < -0.4 is 5.32 Å². The van der Waals surface area contributed by atoms with Crippen molar-refractivity contribution in [3.63, 3.8) is 0 Å². The third-order valence-electron chi connectivity index (χ3n) is 3.76. The normalized spacial score (nSPS) is 12.1. The fraction of sp³-hybridized carbons (Fsp3) is 0.111.